The molecule has 0 spiro atoms. The van der Waals surface area contributed by atoms with Crippen LogP contribution in [-0.4, -0.2) is 26.9 Å². The predicted molar refractivity (Wildman–Crippen MR) is 59.0 cm³/mol. The van der Waals surface area contributed by atoms with E-state index in [1.165, 1.54) is 5.56 Å². The topological polar surface area (TPSA) is 44.5 Å². The van der Waals surface area contributed by atoms with Crippen molar-refractivity contribution in [3.63, 3.8) is 0 Å². The van der Waals surface area contributed by atoms with Crippen LogP contribution in [0.2, 0.25) is 0 Å². The summed E-state index contributed by atoms with van der Waals surface area (Å²) in [6.07, 6.45) is 0.973. The fourth-order valence-corrected chi connectivity index (χ4v) is 1.90. The number of hydrogen-bond acceptors (Lipinski definition) is 3. The number of ether oxygens (including phenoxy) is 2. The van der Waals surface area contributed by atoms with Gasteiger partial charge in [-0.15, -0.1) is 0 Å². The molecule has 1 heterocycles. The molecular formula is C12H17NO2. The molecule has 3 nitrogen and oxygen atoms in total. The molecule has 15 heavy (non-hydrogen) atoms. The molecule has 0 saturated carbocycles. The summed E-state index contributed by atoms with van der Waals surface area (Å²) in [4.78, 5) is 0. The van der Waals surface area contributed by atoms with Crippen molar-refractivity contribution in [3.05, 3.63) is 29.8 Å². The normalized spacial score (nSPS) is 18.3. The van der Waals surface area contributed by atoms with E-state index in [1.807, 2.05) is 12.1 Å². The van der Waals surface area contributed by atoms with Gasteiger partial charge in [-0.05, 0) is 24.1 Å². The summed E-state index contributed by atoms with van der Waals surface area (Å²) in [6, 6.07) is 8.14. The Morgan fingerprint density at radius 3 is 2.80 bits per heavy atom. The first-order valence-corrected chi connectivity index (χ1v) is 5.19. The minimum absolute atomic E-state index is 0.159. The maximum Gasteiger partial charge on any atom is 0.119 e. The second-order valence-electron chi connectivity index (χ2n) is 4.23. The smallest absolute Gasteiger partial charge is 0.119 e. The molecule has 1 saturated heterocycles. The molecule has 3 heteroatoms. The van der Waals surface area contributed by atoms with Crippen LogP contribution < -0.4 is 10.5 Å². The first-order valence-electron chi connectivity index (χ1n) is 5.19. The summed E-state index contributed by atoms with van der Waals surface area (Å²) in [5, 5.41) is 0. The molecule has 0 radical (unpaired) electrons. The van der Waals surface area contributed by atoms with E-state index in [4.69, 9.17) is 15.2 Å². The number of nitrogens with two attached hydrogens (primary N) is 1. The van der Waals surface area contributed by atoms with Crippen LogP contribution in [0.4, 0.5) is 0 Å². The van der Waals surface area contributed by atoms with Crippen molar-refractivity contribution in [1.29, 1.82) is 0 Å². The van der Waals surface area contributed by atoms with E-state index >= 15 is 0 Å². The predicted octanol–water partition coefficient (Wildman–Crippen LogP) is 1.21. The quantitative estimate of drug-likeness (QED) is 0.807. The average molecular weight is 207 g/mol. The lowest BCUT2D eigenvalue weighted by atomic mass is 9.80. The lowest BCUT2D eigenvalue weighted by molar-refractivity contribution is -0.106. The zero-order chi connectivity index (χ0) is 10.7. The van der Waals surface area contributed by atoms with E-state index in [9.17, 15) is 0 Å². The first-order chi connectivity index (χ1) is 7.28. The largest absolute Gasteiger partial charge is 0.497 e. The Morgan fingerprint density at radius 1 is 1.47 bits per heavy atom. The highest BCUT2D eigenvalue weighted by Crippen LogP contribution is 2.31. The van der Waals surface area contributed by atoms with Gasteiger partial charge >= 0.3 is 0 Å². The summed E-state index contributed by atoms with van der Waals surface area (Å²) in [5.74, 6) is 0.903. The standard InChI is InChI=1S/C12H17NO2/c1-14-11-4-2-3-10(5-11)6-12(7-13)8-15-9-12/h2-5H,6-9,13H2,1H3. The van der Waals surface area contributed by atoms with Gasteiger partial charge in [0.15, 0.2) is 0 Å². The molecule has 0 aromatic heterocycles. The van der Waals surface area contributed by atoms with Gasteiger partial charge in [0.05, 0.1) is 20.3 Å². The summed E-state index contributed by atoms with van der Waals surface area (Å²) in [6.45, 7) is 2.24. The van der Waals surface area contributed by atoms with Crippen LogP contribution in [0.5, 0.6) is 5.75 Å². The van der Waals surface area contributed by atoms with Crippen molar-refractivity contribution in [1.82, 2.24) is 0 Å². The van der Waals surface area contributed by atoms with Crippen molar-refractivity contribution in [3.8, 4) is 5.75 Å². The molecule has 1 aliphatic rings. The molecule has 1 fully saturated rings. The highest BCUT2D eigenvalue weighted by atomic mass is 16.5. The maximum atomic E-state index is 5.78. The average Bonchev–Trinajstić information content (AvgIpc) is 2.24. The minimum atomic E-state index is 0.159. The Hall–Kier alpha value is -1.06. The van der Waals surface area contributed by atoms with Gasteiger partial charge in [0.1, 0.15) is 5.75 Å². The molecular weight excluding hydrogens is 190 g/mol. The van der Waals surface area contributed by atoms with Crippen molar-refractivity contribution < 1.29 is 9.47 Å². The second kappa shape index (κ2) is 4.21. The lowest BCUT2D eigenvalue weighted by Crippen LogP contribution is -2.49. The monoisotopic (exact) mass is 207 g/mol. The van der Waals surface area contributed by atoms with E-state index in [0.717, 1.165) is 25.4 Å². The van der Waals surface area contributed by atoms with Gasteiger partial charge in [0.2, 0.25) is 0 Å². The van der Waals surface area contributed by atoms with Gasteiger partial charge in [0.25, 0.3) is 0 Å². The highest BCUT2D eigenvalue weighted by Gasteiger charge is 2.37. The Balaban J connectivity index is 2.09. The van der Waals surface area contributed by atoms with Gasteiger partial charge in [-0.2, -0.15) is 0 Å². The number of rotatable bonds is 4. The summed E-state index contributed by atoms with van der Waals surface area (Å²) in [5.41, 5.74) is 7.20. The molecule has 2 rings (SSSR count). The Bertz CT molecular complexity index is 329. The molecule has 0 amide bonds. The third kappa shape index (κ3) is 2.13. The molecule has 1 aromatic rings. The van der Waals surface area contributed by atoms with Crippen molar-refractivity contribution in [2.45, 2.75) is 6.42 Å². The Labute approximate surface area is 90.2 Å². The number of benzene rings is 1. The molecule has 0 atom stereocenters. The summed E-state index contributed by atoms with van der Waals surface area (Å²) in [7, 11) is 1.68. The molecule has 0 unspecified atom stereocenters. The summed E-state index contributed by atoms with van der Waals surface area (Å²) >= 11 is 0. The van der Waals surface area contributed by atoms with Crippen LogP contribution in [0.15, 0.2) is 24.3 Å². The van der Waals surface area contributed by atoms with Crippen LogP contribution in [-0.2, 0) is 11.2 Å². The number of methoxy groups -OCH3 is 1. The summed E-state index contributed by atoms with van der Waals surface area (Å²) < 4.78 is 10.4. The van der Waals surface area contributed by atoms with E-state index in [1.54, 1.807) is 7.11 Å². The van der Waals surface area contributed by atoms with E-state index < -0.39 is 0 Å². The van der Waals surface area contributed by atoms with Gasteiger partial charge < -0.3 is 15.2 Å². The van der Waals surface area contributed by atoms with E-state index in [2.05, 4.69) is 12.1 Å². The van der Waals surface area contributed by atoms with Gasteiger partial charge in [-0.1, -0.05) is 12.1 Å². The Kier molecular flexibility index (Phi) is 2.93. The fourth-order valence-electron chi connectivity index (χ4n) is 1.90. The van der Waals surface area contributed by atoms with Gasteiger partial charge in [-0.25, -0.2) is 0 Å². The van der Waals surface area contributed by atoms with E-state index in [0.29, 0.717) is 6.54 Å². The van der Waals surface area contributed by atoms with Crippen molar-refractivity contribution in [2.24, 2.45) is 11.1 Å². The lowest BCUT2D eigenvalue weighted by Gasteiger charge is -2.40. The van der Waals surface area contributed by atoms with Crippen LogP contribution in [0, 0.1) is 5.41 Å². The van der Waals surface area contributed by atoms with Crippen molar-refractivity contribution >= 4 is 0 Å². The number of hydrogen-bond donors (Lipinski definition) is 1. The van der Waals surface area contributed by atoms with Gasteiger partial charge in [-0.3, -0.25) is 0 Å². The van der Waals surface area contributed by atoms with Crippen LogP contribution >= 0.6 is 0 Å². The second-order valence-corrected chi connectivity index (χ2v) is 4.23. The zero-order valence-electron chi connectivity index (χ0n) is 9.03. The highest BCUT2D eigenvalue weighted by molar-refractivity contribution is 5.29. The molecule has 1 aliphatic heterocycles. The van der Waals surface area contributed by atoms with Crippen LogP contribution in [0.1, 0.15) is 5.56 Å². The molecule has 82 valence electrons. The van der Waals surface area contributed by atoms with E-state index in [-0.39, 0.29) is 5.41 Å². The Morgan fingerprint density at radius 2 is 2.27 bits per heavy atom. The van der Waals surface area contributed by atoms with Gasteiger partial charge in [0, 0.05) is 12.0 Å². The molecule has 0 aliphatic carbocycles. The fraction of sp³-hybridized carbons (Fsp3) is 0.500. The van der Waals surface area contributed by atoms with Crippen LogP contribution in [0.3, 0.4) is 0 Å². The first kappa shape index (κ1) is 10.5. The minimum Gasteiger partial charge on any atom is -0.497 e. The maximum absolute atomic E-state index is 5.78. The third-order valence-electron chi connectivity index (χ3n) is 2.96. The molecule has 2 N–H and O–H groups in total. The zero-order valence-corrected chi connectivity index (χ0v) is 9.03. The molecule has 0 bridgehead atoms. The van der Waals surface area contributed by atoms with Crippen molar-refractivity contribution in [2.75, 3.05) is 26.9 Å². The third-order valence-corrected chi connectivity index (χ3v) is 2.96. The molecule has 1 aromatic carbocycles. The van der Waals surface area contributed by atoms with Crippen LogP contribution in [0.25, 0.3) is 0 Å². The SMILES string of the molecule is COc1cccc(CC2(CN)COC2)c1.